The van der Waals surface area contributed by atoms with Crippen LogP contribution in [0, 0.1) is 0 Å². The average Bonchev–Trinajstić information content (AvgIpc) is 2.71. The molecule has 0 atom stereocenters. The summed E-state index contributed by atoms with van der Waals surface area (Å²) in [7, 11) is -3.60. The lowest BCUT2D eigenvalue weighted by atomic mass is 10.2. The van der Waals surface area contributed by atoms with Gasteiger partial charge in [0.25, 0.3) is 0 Å². The van der Waals surface area contributed by atoms with Gasteiger partial charge in [0.2, 0.25) is 0 Å². The molecular weight excluding hydrogens is 432 g/mol. The highest BCUT2D eigenvalue weighted by molar-refractivity contribution is 9.10. The average molecular weight is 446 g/mol. The molecule has 0 fully saturated rings. The molecular formula is C15H14Br2N2O2S. The van der Waals surface area contributed by atoms with Gasteiger partial charge in [-0.25, -0.2) is 4.31 Å². The van der Waals surface area contributed by atoms with E-state index in [1.807, 2.05) is 42.5 Å². The Bertz CT molecular complexity index is 796. The van der Waals surface area contributed by atoms with E-state index in [2.05, 4.69) is 31.9 Å². The zero-order valence-corrected chi connectivity index (χ0v) is 15.6. The fourth-order valence-electron chi connectivity index (χ4n) is 2.51. The smallest absolute Gasteiger partial charge is 0.251 e. The summed E-state index contributed by atoms with van der Waals surface area (Å²) in [5.41, 5.74) is 2.04. The molecule has 0 aliphatic carbocycles. The van der Waals surface area contributed by atoms with Crippen LogP contribution >= 0.6 is 31.9 Å². The molecule has 0 radical (unpaired) electrons. The van der Waals surface area contributed by atoms with E-state index >= 15 is 0 Å². The third-order valence-corrected chi connectivity index (χ3v) is 6.28. The largest absolute Gasteiger partial charge is 0.330 e. The number of alkyl halides is 1. The Morgan fingerprint density at radius 1 is 1.00 bits per heavy atom. The van der Waals surface area contributed by atoms with E-state index < -0.39 is 10.2 Å². The Morgan fingerprint density at radius 3 is 2.41 bits per heavy atom. The molecule has 1 aliphatic heterocycles. The molecule has 0 amide bonds. The molecule has 22 heavy (non-hydrogen) atoms. The summed E-state index contributed by atoms with van der Waals surface area (Å²) in [6.07, 6.45) is 0.750. The van der Waals surface area contributed by atoms with Crippen molar-refractivity contribution in [2.75, 3.05) is 20.5 Å². The van der Waals surface area contributed by atoms with Crippen LogP contribution in [0.3, 0.4) is 0 Å². The molecule has 0 saturated heterocycles. The van der Waals surface area contributed by atoms with Crippen molar-refractivity contribution in [3.63, 3.8) is 0 Å². The van der Waals surface area contributed by atoms with Crippen LogP contribution in [-0.2, 0) is 10.2 Å². The predicted molar refractivity (Wildman–Crippen MR) is 97.4 cm³/mol. The van der Waals surface area contributed by atoms with E-state index in [9.17, 15) is 8.42 Å². The van der Waals surface area contributed by atoms with E-state index in [0.29, 0.717) is 17.9 Å². The Kier molecular flexibility index (Phi) is 4.47. The second-order valence-corrected chi connectivity index (χ2v) is 8.27. The molecule has 3 rings (SSSR count). The van der Waals surface area contributed by atoms with Gasteiger partial charge in [-0.05, 0) is 36.8 Å². The number of para-hydroxylation sites is 2. The Balaban J connectivity index is 2.14. The van der Waals surface area contributed by atoms with E-state index in [1.54, 1.807) is 6.07 Å². The van der Waals surface area contributed by atoms with Gasteiger partial charge in [-0.3, -0.25) is 4.31 Å². The van der Waals surface area contributed by atoms with Gasteiger partial charge in [0.05, 0.1) is 17.1 Å². The summed E-state index contributed by atoms with van der Waals surface area (Å²) in [5.74, 6) is 0. The first-order valence-corrected chi connectivity index (χ1v) is 10.1. The minimum atomic E-state index is -3.60. The highest BCUT2D eigenvalue weighted by atomic mass is 79.9. The van der Waals surface area contributed by atoms with Gasteiger partial charge < -0.3 is 0 Å². The Hall–Kier alpha value is -1.05. The fourth-order valence-corrected chi connectivity index (χ4v) is 4.89. The molecule has 1 heterocycles. The van der Waals surface area contributed by atoms with Crippen LogP contribution in [0.4, 0.5) is 17.1 Å². The number of hydrogen-bond donors (Lipinski definition) is 0. The van der Waals surface area contributed by atoms with Crippen molar-refractivity contribution in [1.29, 1.82) is 0 Å². The fraction of sp³-hybridized carbons (Fsp3) is 0.200. The van der Waals surface area contributed by atoms with Gasteiger partial charge in [-0.15, -0.1) is 0 Å². The van der Waals surface area contributed by atoms with Gasteiger partial charge in [-0.1, -0.05) is 50.1 Å². The molecule has 0 spiro atoms. The van der Waals surface area contributed by atoms with Gasteiger partial charge >= 0.3 is 10.2 Å². The number of fused-ring (bicyclic) bond motifs is 1. The summed E-state index contributed by atoms with van der Waals surface area (Å²) in [6.45, 7) is 0.453. The van der Waals surface area contributed by atoms with Gasteiger partial charge in [-0.2, -0.15) is 8.42 Å². The van der Waals surface area contributed by atoms with E-state index in [-0.39, 0.29) is 0 Å². The van der Waals surface area contributed by atoms with Gasteiger partial charge in [0, 0.05) is 16.3 Å². The first-order valence-electron chi connectivity index (χ1n) is 6.79. The standard InChI is InChI=1S/C15H14Br2N2O2S/c16-9-4-10-18-14-7-1-2-8-15(14)19(22(18,20)21)13-6-3-5-12(17)11-13/h1-3,5-8,11H,4,9-10H2. The highest BCUT2D eigenvalue weighted by Gasteiger charge is 2.40. The molecule has 0 aromatic heterocycles. The molecule has 1 aliphatic rings. The summed E-state index contributed by atoms with van der Waals surface area (Å²) in [5, 5.41) is 0.762. The first kappa shape index (κ1) is 15.8. The van der Waals surface area contributed by atoms with Crippen LogP contribution in [0.25, 0.3) is 0 Å². The second-order valence-electron chi connectivity index (χ2n) is 4.86. The quantitative estimate of drug-likeness (QED) is 0.652. The Labute approximate surface area is 147 Å². The molecule has 0 bridgehead atoms. The third kappa shape index (κ3) is 2.66. The minimum absolute atomic E-state index is 0.453. The van der Waals surface area contributed by atoms with Crippen molar-refractivity contribution in [3.05, 3.63) is 53.0 Å². The summed E-state index contributed by atoms with van der Waals surface area (Å²) >= 11 is 6.76. The summed E-state index contributed by atoms with van der Waals surface area (Å²) in [6, 6.07) is 14.7. The van der Waals surface area contributed by atoms with Crippen molar-refractivity contribution in [1.82, 2.24) is 0 Å². The van der Waals surface area contributed by atoms with Gasteiger partial charge in [0.1, 0.15) is 0 Å². The SMILES string of the molecule is O=S1(=O)N(CCCBr)c2ccccc2N1c1cccc(Br)c1. The number of anilines is 3. The number of benzene rings is 2. The van der Waals surface area contributed by atoms with E-state index in [1.165, 1.54) is 8.61 Å². The van der Waals surface area contributed by atoms with Crippen LogP contribution in [-0.4, -0.2) is 20.3 Å². The second kappa shape index (κ2) is 6.22. The molecule has 0 saturated carbocycles. The zero-order valence-electron chi connectivity index (χ0n) is 11.6. The first-order chi connectivity index (χ1) is 10.6. The highest BCUT2D eigenvalue weighted by Crippen LogP contribution is 2.45. The van der Waals surface area contributed by atoms with Crippen LogP contribution in [0.2, 0.25) is 0 Å². The monoisotopic (exact) mass is 444 g/mol. The predicted octanol–water partition coefficient (Wildman–Crippen LogP) is 4.44. The van der Waals surface area contributed by atoms with Crippen molar-refractivity contribution in [3.8, 4) is 0 Å². The molecule has 4 nitrogen and oxygen atoms in total. The lowest BCUT2D eigenvalue weighted by molar-refractivity contribution is 0.593. The van der Waals surface area contributed by atoms with Crippen molar-refractivity contribution in [2.45, 2.75) is 6.42 Å². The maximum Gasteiger partial charge on any atom is 0.330 e. The van der Waals surface area contributed by atoms with Gasteiger partial charge in [0.15, 0.2) is 0 Å². The van der Waals surface area contributed by atoms with Crippen molar-refractivity contribution in [2.24, 2.45) is 0 Å². The molecule has 0 N–H and O–H groups in total. The lowest BCUT2D eigenvalue weighted by Crippen LogP contribution is -2.36. The third-order valence-electron chi connectivity index (χ3n) is 3.42. The maximum absolute atomic E-state index is 13.0. The molecule has 116 valence electrons. The molecule has 2 aromatic rings. The number of hydrogen-bond acceptors (Lipinski definition) is 2. The Morgan fingerprint density at radius 2 is 1.73 bits per heavy atom. The van der Waals surface area contributed by atoms with Crippen molar-refractivity contribution < 1.29 is 8.42 Å². The van der Waals surface area contributed by atoms with Crippen LogP contribution in [0.1, 0.15) is 6.42 Å². The summed E-state index contributed by atoms with van der Waals surface area (Å²) in [4.78, 5) is 0. The summed E-state index contributed by atoms with van der Waals surface area (Å²) < 4.78 is 29.7. The van der Waals surface area contributed by atoms with Crippen LogP contribution < -0.4 is 8.61 Å². The maximum atomic E-state index is 13.0. The van der Waals surface area contributed by atoms with E-state index in [4.69, 9.17) is 0 Å². The van der Waals surface area contributed by atoms with Crippen molar-refractivity contribution >= 4 is 59.1 Å². The molecule has 0 unspecified atom stereocenters. The van der Waals surface area contributed by atoms with Crippen LogP contribution in [0.15, 0.2) is 53.0 Å². The number of rotatable bonds is 4. The lowest BCUT2D eigenvalue weighted by Gasteiger charge is -2.21. The molecule has 2 aromatic carbocycles. The number of nitrogens with zero attached hydrogens (tertiary/aromatic N) is 2. The minimum Gasteiger partial charge on any atom is -0.251 e. The number of halogens is 2. The molecule has 7 heteroatoms. The topological polar surface area (TPSA) is 40.6 Å². The van der Waals surface area contributed by atoms with Crippen LogP contribution in [0.5, 0.6) is 0 Å². The van der Waals surface area contributed by atoms with E-state index in [0.717, 1.165) is 21.9 Å². The normalized spacial score (nSPS) is 15.9. The zero-order chi connectivity index (χ0) is 15.7.